The zero-order valence-corrected chi connectivity index (χ0v) is 26.6. The van der Waals surface area contributed by atoms with E-state index in [1.54, 1.807) is 62.0 Å². The first-order valence-electron chi connectivity index (χ1n) is 14.9. The summed E-state index contributed by atoms with van der Waals surface area (Å²) in [5.74, 6) is 0.499. The van der Waals surface area contributed by atoms with Gasteiger partial charge in [0.2, 0.25) is 5.88 Å². The number of halogens is 2. The van der Waals surface area contributed by atoms with E-state index in [1.807, 2.05) is 11.0 Å². The number of pyridine rings is 2. The van der Waals surface area contributed by atoms with Crippen molar-refractivity contribution in [1.29, 1.82) is 0 Å². The zero-order valence-electron chi connectivity index (χ0n) is 25.8. The fraction of sp³-hybridized carbons (Fsp3) is 0.387. The molecule has 3 atom stereocenters. The normalized spacial score (nSPS) is 17.2. The van der Waals surface area contributed by atoms with Gasteiger partial charge in [0.1, 0.15) is 17.6 Å². The Morgan fingerprint density at radius 2 is 1.81 bits per heavy atom. The van der Waals surface area contributed by atoms with Gasteiger partial charge in [-0.2, -0.15) is 23.8 Å². The van der Waals surface area contributed by atoms with Gasteiger partial charge in [-0.05, 0) is 35.4 Å². The van der Waals surface area contributed by atoms with Crippen LogP contribution in [0.25, 0.3) is 5.69 Å². The zero-order chi connectivity index (χ0) is 33.4. The Morgan fingerprint density at radius 3 is 2.43 bits per heavy atom. The molecule has 5 rings (SSSR count). The fourth-order valence-corrected chi connectivity index (χ4v) is 6.11. The summed E-state index contributed by atoms with van der Waals surface area (Å²) in [5, 5.41) is 11.5. The van der Waals surface area contributed by atoms with Gasteiger partial charge in [-0.25, -0.2) is 18.4 Å². The van der Waals surface area contributed by atoms with E-state index in [-0.39, 0.29) is 29.8 Å². The van der Waals surface area contributed by atoms with Crippen LogP contribution in [0.15, 0.2) is 78.2 Å². The number of anilines is 1. The summed E-state index contributed by atoms with van der Waals surface area (Å²) in [6.07, 6.45) is 6.44. The molecule has 1 N–H and O–H groups in total. The Balaban J connectivity index is 1.24. The summed E-state index contributed by atoms with van der Waals surface area (Å²) in [6.45, 7) is -0.835. The highest BCUT2D eigenvalue weighted by atomic mass is 32.2. The summed E-state index contributed by atoms with van der Waals surface area (Å²) < 4.78 is 66.0. The number of aromatic nitrogens is 5. The molecule has 0 unspecified atom stereocenters. The minimum Gasteiger partial charge on any atom is -0.472 e. The van der Waals surface area contributed by atoms with Crippen LogP contribution in [-0.4, -0.2) is 84.1 Å². The molecule has 3 aromatic heterocycles. The molecule has 0 amide bonds. The molecule has 1 aliphatic heterocycles. The number of sulfone groups is 1. The Morgan fingerprint density at radius 1 is 1.04 bits per heavy atom. The lowest BCUT2D eigenvalue weighted by atomic mass is 10.0. The number of methoxy groups -OCH3 is 1. The van der Waals surface area contributed by atoms with Crippen molar-refractivity contribution in [2.75, 3.05) is 30.9 Å². The van der Waals surface area contributed by atoms with Crippen molar-refractivity contribution < 1.29 is 36.2 Å². The molecule has 4 aromatic rings. The molecule has 4 heterocycles. The van der Waals surface area contributed by atoms with E-state index in [2.05, 4.69) is 30.2 Å². The third-order valence-corrected chi connectivity index (χ3v) is 9.48. The Labute approximate surface area is 270 Å². The van der Waals surface area contributed by atoms with Crippen LogP contribution in [0, 0.1) is 0 Å². The van der Waals surface area contributed by atoms with Crippen LogP contribution in [0.3, 0.4) is 0 Å². The van der Waals surface area contributed by atoms with E-state index in [9.17, 15) is 22.0 Å². The lowest BCUT2D eigenvalue weighted by molar-refractivity contribution is -0.141. The van der Waals surface area contributed by atoms with Crippen LogP contribution >= 0.6 is 0 Å². The molecule has 250 valence electrons. The van der Waals surface area contributed by atoms with Crippen molar-refractivity contribution in [2.45, 2.75) is 56.0 Å². The molecule has 0 aliphatic carbocycles. The van der Waals surface area contributed by atoms with Gasteiger partial charge in [-0.1, -0.05) is 25.1 Å². The maximum atomic E-state index is 13.0. The topological polar surface area (TPSA) is 151 Å². The van der Waals surface area contributed by atoms with E-state index in [0.29, 0.717) is 36.9 Å². The number of carbonyl (C=O) groups excluding carboxylic acids is 1. The number of benzene rings is 1. The Hall–Kier alpha value is -4.54. The summed E-state index contributed by atoms with van der Waals surface area (Å²) >= 11 is 0. The van der Waals surface area contributed by atoms with Crippen LogP contribution < -0.4 is 15.0 Å². The highest BCUT2D eigenvalue weighted by Gasteiger charge is 2.35. The van der Waals surface area contributed by atoms with E-state index < -0.39 is 34.5 Å². The van der Waals surface area contributed by atoms with Gasteiger partial charge in [0.05, 0.1) is 62.0 Å². The highest BCUT2D eigenvalue weighted by Crippen LogP contribution is 2.28. The maximum Gasteiger partial charge on any atom is 0.345 e. The average molecular weight is 672 g/mol. The van der Waals surface area contributed by atoms with E-state index in [4.69, 9.17) is 9.47 Å². The molecule has 0 saturated carbocycles. The van der Waals surface area contributed by atoms with Crippen LogP contribution in [0.5, 0.6) is 5.88 Å². The van der Waals surface area contributed by atoms with E-state index in [0.717, 1.165) is 11.1 Å². The quantitative estimate of drug-likeness (QED) is 0.184. The van der Waals surface area contributed by atoms with Crippen molar-refractivity contribution >= 4 is 21.6 Å². The smallest absolute Gasteiger partial charge is 0.345 e. The standard InChI is InChI=1S/C31H35F2N7O6S/c1-3-47(42,43)26-8-5-22(6-9-26)27(15-30(41)44-2)34-16-21-4-10-28(35-17-21)39-19-25(14-24(39)20-45-31(32)33)46-29-11-7-23(18-36-29)40-37-12-13-38-40/h4-13,17-18,24-25,27,31,34H,3,14-16,19-20H2,1-2H3/t24-,25-,27-/m0/s1. The molecule has 1 saturated heterocycles. The third-order valence-electron chi connectivity index (χ3n) is 7.72. The van der Waals surface area contributed by atoms with Crippen LogP contribution in [0.4, 0.5) is 14.6 Å². The maximum absolute atomic E-state index is 13.0. The summed E-state index contributed by atoms with van der Waals surface area (Å²) in [6, 6.07) is 12.7. The van der Waals surface area contributed by atoms with Crippen LogP contribution in [-0.2, 0) is 30.7 Å². The molecule has 0 spiro atoms. The molecular formula is C31H35F2N7O6S. The summed E-state index contributed by atoms with van der Waals surface area (Å²) in [5.41, 5.74) is 2.19. The second kappa shape index (κ2) is 15.4. The highest BCUT2D eigenvalue weighted by molar-refractivity contribution is 7.91. The first kappa shape index (κ1) is 33.8. The summed E-state index contributed by atoms with van der Waals surface area (Å²) in [7, 11) is -2.06. The van der Waals surface area contributed by atoms with Gasteiger partial charge in [0.15, 0.2) is 9.84 Å². The predicted octanol–water partition coefficient (Wildman–Crippen LogP) is 3.51. The molecule has 47 heavy (non-hydrogen) atoms. The lowest BCUT2D eigenvalue weighted by Gasteiger charge is -2.25. The minimum absolute atomic E-state index is 0.0131. The van der Waals surface area contributed by atoms with Gasteiger partial charge >= 0.3 is 12.6 Å². The average Bonchev–Trinajstić information content (AvgIpc) is 3.77. The fourth-order valence-electron chi connectivity index (χ4n) is 5.23. The van der Waals surface area contributed by atoms with Gasteiger partial charge < -0.3 is 24.4 Å². The second-order valence-electron chi connectivity index (χ2n) is 10.8. The number of nitrogens with zero attached hydrogens (tertiary/aromatic N) is 6. The molecule has 0 bridgehead atoms. The predicted molar refractivity (Wildman–Crippen MR) is 166 cm³/mol. The first-order valence-corrected chi connectivity index (χ1v) is 16.5. The van der Waals surface area contributed by atoms with Crippen molar-refractivity contribution in [2.24, 2.45) is 0 Å². The molecule has 13 nitrogen and oxygen atoms in total. The molecule has 0 radical (unpaired) electrons. The second-order valence-corrected chi connectivity index (χ2v) is 13.0. The van der Waals surface area contributed by atoms with Gasteiger partial charge in [-0.3, -0.25) is 4.79 Å². The molecular weight excluding hydrogens is 636 g/mol. The number of rotatable bonds is 15. The first-order chi connectivity index (χ1) is 22.6. The third kappa shape index (κ3) is 8.84. The minimum atomic E-state index is -3.36. The van der Waals surface area contributed by atoms with Crippen LogP contribution in [0.1, 0.15) is 36.9 Å². The molecule has 1 aliphatic rings. The number of carbonyl (C=O) groups is 1. The molecule has 1 fully saturated rings. The number of ether oxygens (including phenoxy) is 3. The van der Waals surface area contributed by atoms with Crippen molar-refractivity contribution in [3.05, 3.63) is 84.4 Å². The lowest BCUT2D eigenvalue weighted by Crippen LogP contribution is -2.34. The number of nitrogens with one attached hydrogen (secondary N) is 1. The number of hydrogen-bond acceptors (Lipinski definition) is 12. The van der Waals surface area contributed by atoms with Crippen molar-refractivity contribution in [3.8, 4) is 11.6 Å². The number of hydrogen-bond donors (Lipinski definition) is 1. The largest absolute Gasteiger partial charge is 0.472 e. The Bertz CT molecular complexity index is 1690. The van der Waals surface area contributed by atoms with Gasteiger partial charge in [0.25, 0.3) is 0 Å². The van der Waals surface area contributed by atoms with Crippen LogP contribution in [0.2, 0.25) is 0 Å². The number of esters is 1. The summed E-state index contributed by atoms with van der Waals surface area (Å²) in [4.78, 5) is 24.6. The Kier molecular flexibility index (Phi) is 11.1. The monoisotopic (exact) mass is 671 g/mol. The van der Waals surface area contributed by atoms with Gasteiger partial charge in [0, 0.05) is 31.3 Å². The van der Waals surface area contributed by atoms with Gasteiger partial charge in [-0.15, -0.1) is 0 Å². The van der Waals surface area contributed by atoms with Crippen molar-refractivity contribution in [3.63, 3.8) is 0 Å². The number of alkyl halides is 2. The van der Waals surface area contributed by atoms with E-state index >= 15 is 0 Å². The van der Waals surface area contributed by atoms with E-state index in [1.165, 1.54) is 24.0 Å². The SMILES string of the molecule is CCS(=O)(=O)c1ccc([C@H](CC(=O)OC)NCc2ccc(N3C[C@@H](Oc4ccc(-n5nccn5)cn4)C[C@H]3COC(F)F)nc2)cc1. The molecule has 16 heteroatoms. The molecule has 1 aromatic carbocycles. The van der Waals surface area contributed by atoms with Crippen molar-refractivity contribution in [1.82, 2.24) is 30.3 Å².